The van der Waals surface area contributed by atoms with Gasteiger partial charge in [0, 0.05) is 6.42 Å². The molecule has 0 aromatic carbocycles. The first kappa shape index (κ1) is 56.9. The molecule has 61 heavy (non-hydrogen) atoms. The molecule has 0 bridgehead atoms. The summed E-state index contributed by atoms with van der Waals surface area (Å²) < 4.78 is 11.2. The number of rotatable bonds is 41. The summed E-state index contributed by atoms with van der Waals surface area (Å²) in [7, 11) is 0. The highest BCUT2D eigenvalue weighted by Gasteiger charge is 2.44. The van der Waals surface area contributed by atoms with Gasteiger partial charge in [-0.2, -0.15) is 0 Å². The Labute approximate surface area is 373 Å². The summed E-state index contributed by atoms with van der Waals surface area (Å²) in [6.45, 7) is 3.66. The van der Waals surface area contributed by atoms with Crippen LogP contribution in [0.4, 0.5) is 0 Å². The summed E-state index contributed by atoms with van der Waals surface area (Å²) >= 11 is 0. The number of nitrogens with one attached hydrogen (secondary N) is 1. The van der Waals surface area contributed by atoms with Gasteiger partial charge in [0.05, 0.1) is 25.4 Å². The van der Waals surface area contributed by atoms with Gasteiger partial charge in [-0.25, -0.2) is 0 Å². The minimum Gasteiger partial charge on any atom is -0.394 e. The van der Waals surface area contributed by atoms with Gasteiger partial charge in [-0.3, -0.25) is 4.79 Å². The molecular weight excluding hydrogens is 767 g/mol. The van der Waals surface area contributed by atoms with Crippen LogP contribution in [0.5, 0.6) is 0 Å². The van der Waals surface area contributed by atoms with Gasteiger partial charge in [-0.1, -0.05) is 203 Å². The molecule has 7 unspecified atom stereocenters. The molecule has 7 atom stereocenters. The van der Waals surface area contributed by atoms with E-state index in [4.69, 9.17) is 9.47 Å². The molecule has 1 amide bonds. The first-order valence-electron chi connectivity index (χ1n) is 25.0. The second-order valence-electron chi connectivity index (χ2n) is 17.2. The summed E-state index contributed by atoms with van der Waals surface area (Å²) in [5, 5.41) is 54.1. The maximum Gasteiger partial charge on any atom is 0.220 e. The molecule has 0 aliphatic carbocycles. The molecule has 1 heterocycles. The molecule has 9 nitrogen and oxygen atoms in total. The smallest absolute Gasteiger partial charge is 0.220 e. The summed E-state index contributed by atoms with van der Waals surface area (Å²) in [6.07, 6.45) is 48.5. The molecule has 1 rings (SSSR count). The SMILES string of the molecule is CC/C=C\C/C=C\C/C=C\C/C=C\C/C=C\CCCCCCCCCCCCCCCCCC(=O)NC(COC1OC(CO)C(O)C(O)C1O)C(O)CCCCCCCCC. The number of allylic oxidation sites excluding steroid dienone is 10. The highest BCUT2D eigenvalue weighted by Crippen LogP contribution is 2.23. The fraction of sp³-hybridized carbons (Fsp3) is 0.788. The standard InChI is InChI=1S/C52H93NO8/c1-3-5-7-9-11-12-13-14-15-16-17-18-19-20-21-22-23-24-25-26-27-28-29-30-31-32-33-34-36-38-40-42-48(56)53-45(46(55)41-39-37-35-10-8-6-4-2)44-60-52-51(59)50(58)49(57)47(43-54)61-52/h5,7,11-12,14-15,17-18,20-21,45-47,49-52,54-55,57-59H,3-4,6,8-10,13,16,19,22-44H2,1-2H3,(H,53,56)/b7-5-,12-11-,15-14-,18-17-,21-20-. The molecule has 354 valence electrons. The second kappa shape index (κ2) is 41.9. The highest BCUT2D eigenvalue weighted by atomic mass is 16.7. The maximum absolute atomic E-state index is 12.9. The number of carbonyl (C=O) groups excluding carboxylic acids is 1. The third-order valence-electron chi connectivity index (χ3n) is 11.6. The van der Waals surface area contributed by atoms with Gasteiger partial charge in [0.15, 0.2) is 6.29 Å². The third kappa shape index (κ3) is 32.2. The van der Waals surface area contributed by atoms with Gasteiger partial charge in [0.1, 0.15) is 24.4 Å². The summed E-state index contributed by atoms with van der Waals surface area (Å²) in [4.78, 5) is 12.9. The van der Waals surface area contributed by atoms with E-state index in [-0.39, 0.29) is 12.5 Å². The quantitative estimate of drug-likeness (QED) is 0.0263. The Balaban J connectivity index is 2.09. The van der Waals surface area contributed by atoms with Crippen molar-refractivity contribution < 1.29 is 39.8 Å². The van der Waals surface area contributed by atoms with Crippen LogP contribution in [-0.2, 0) is 14.3 Å². The molecule has 9 heteroatoms. The van der Waals surface area contributed by atoms with Crippen LogP contribution in [0.3, 0.4) is 0 Å². The van der Waals surface area contributed by atoms with Gasteiger partial charge < -0.3 is 40.3 Å². The van der Waals surface area contributed by atoms with Crippen molar-refractivity contribution in [2.24, 2.45) is 0 Å². The lowest BCUT2D eigenvalue weighted by atomic mass is 9.99. The van der Waals surface area contributed by atoms with Crippen LogP contribution in [0.1, 0.15) is 206 Å². The molecule has 0 saturated carbocycles. The average Bonchev–Trinajstić information content (AvgIpc) is 3.26. The molecule has 0 spiro atoms. The second-order valence-corrected chi connectivity index (χ2v) is 17.2. The lowest BCUT2D eigenvalue weighted by molar-refractivity contribution is -0.302. The van der Waals surface area contributed by atoms with Crippen molar-refractivity contribution in [2.45, 2.75) is 249 Å². The fourth-order valence-corrected chi connectivity index (χ4v) is 7.66. The van der Waals surface area contributed by atoms with Gasteiger partial charge in [-0.05, 0) is 57.8 Å². The lowest BCUT2D eigenvalue weighted by Crippen LogP contribution is -2.60. The number of unbranched alkanes of at least 4 members (excludes halogenated alkanes) is 21. The van der Waals surface area contributed by atoms with Crippen molar-refractivity contribution in [3.63, 3.8) is 0 Å². The number of carbonyl (C=O) groups is 1. The van der Waals surface area contributed by atoms with E-state index in [1.807, 2.05) is 0 Å². The molecule has 6 N–H and O–H groups in total. The van der Waals surface area contributed by atoms with Crippen molar-refractivity contribution in [3.05, 3.63) is 60.8 Å². The van der Waals surface area contributed by atoms with Crippen molar-refractivity contribution in [3.8, 4) is 0 Å². The van der Waals surface area contributed by atoms with Crippen molar-refractivity contribution in [1.29, 1.82) is 0 Å². The lowest BCUT2D eigenvalue weighted by Gasteiger charge is -2.40. The number of aliphatic hydroxyl groups is 5. The van der Waals surface area contributed by atoms with Gasteiger partial charge in [0.2, 0.25) is 5.91 Å². The Morgan fingerprint density at radius 1 is 0.574 bits per heavy atom. The average molecular weight is 860 g/mol. The van der Waals surface area contributed by atoms with Crippen LogP contribution in [0.2, 0.25) is 0 Å². The molecule has 1 aliphatic heterocycles. The number of amides is 1. The Hall–Kier alpha value is -2.11. The molecule has 0 aromatic rings. The van der Waals surface area contributed by atoms with Gasteiger partial charge >= 0.3 is 0 Å². The van der Waals surface area contributed by atoms with Crippen molar-refractivity contribution >= 4 is 5.91 Å². The zero-order chi connectivity index (χ0) is 44.4. The minimum absolute atomic E-state index is 0.140. The molecule has 1 aliphatic rings. The predicted molar refractivity (Wildman–Crippen MR) is 253 cm³/mol. The first-order chi connectivity index (χ1) is 29.8. The van der Waals surface area contributed by atoms with Gasteiger partial charge in [0.25, 0.3) is 0 Å². The Morgan fingerprint density at radius 3 is 1.51 bits per heavy atom. The molecule has 0 aromatic heterocycles. The first-order valence-corrected chi connectivity index (χ1v) is 25.0. The zero-order valence-corrected chi connectivity index (χ0v) is 38.9. The molecule has 0 radical (unpaired) electrons. The number of ether oxygens (including phenoxy) is 2. The summed E-state index contributed by atoms with van der Waals surface area (Å²) in [6, 6.07) is -0.717. The molecular formula is C52H93NO8. The monoisotopic (exact) mass is 860 g/mol. The topological polar surface area (TPSA) is 149 Å². The summed E-state index contributed by atoms with van der Waals surface area (Å²) in [5.74, 6) is -0.151. The normalized spacial score (nSPS) is 20.9. The van der Waals surface area contributed by atoms with E-state index in [1.165, 1.54) is 109 Å². The minimum atomic E-state index is -1.55. The van der Waals surface area contributed by atoms with Crippen molar-refractivity contribution in [2.75, 3.05) is 13.2 Å². The molecule has 1 fully saturated rings. The van der Waals surface area contributed by atoms with E-state index in [0.29, 0.717) is 12.8 Å². The summed E-state index contributed by atoms with van der Waals surface area (Å²) in [5.41, 5.74) is 0. The van der Waals surface area contributed by atoms with E-state index in [9.17, 15) is 30.3 Å². The van der Waals surface area contributed by atoms with E-state index in [1.54, 1.807) is 0 Å². The Morgan fingerprint density at radius 2 is 1.02 bits per heavy atom. The van der Waals surface area contributed by atoms with E-state index >= 15 is 0 Å². The van der Waals surface area contributed by atoms with Crippen LogP contribution in [0.25, 0.3) is 0 Å². The Kier molecular flexibility index (Phi) is 39.1. The maximum atomic E-state index is 12.9. The van der Waals surface area contributed by atoms with E-state index in [2.05, 4.69) is 79.9 Å². The van der Waals surface area contributed by atoms with Crippen LogP contribution < -0.4 is 5.32 Å². The number of aliphatic hydroxyl groups excluding tert-OH is 5. The van der Waals surface area contributed by atoms with Crippen LogP contribution >= 0.6 is 0 Å². The number of hydrogen-bond donors (Lipinski definition) is 6. The van der Waals surface area contributed by atoms with E-state index in [0.717, 1.165) is 70.6 Å². The van der Waals surface area contributed by atoms with Crippen LogP contribution in [0.15, 0.2) is 60.8 Å². The van der Waals surface area contributed by atoms with Crippen LogP contribution in [-0.4, -0.2) is 87.5 Å². The molecule has 1 saturated heterocycles. The fourth-order valence-electron chi connectivity index (χ4n) is 7.66. The zero-order valence-electron chi connectivity index (χ0n) is 38.9. The van der Waals surface area contributed by atoms with Crippen LogP contribution in [0, 0.1) is 0 Å². The number of hydrogen-bond acceptors (Lipinski definition) is 8. The highest BCUT2D eigenvalue weighted by molar-refractivity contribution is 5.76. The van der Waals surface area contributed by atoms with Gasteiger partial charge in [-0.15, -0.1) is 0 Å². The van der Waals surface area contributed by atoms with E-state index < -0.39 is 49.5 Å². The predicted octanol–water partition coefficient (Wildman–Crippen LogP) is 11.2. The Bertz CT molecular complexity index is 1140. The third-order valence-corrected chi connectivity index (χ3v) is 11.6. The van der Waals surface area contributed by atoms with Crippen molar-refractivity contribution in [1.82, 2.24) is 5.32 Å². The largest absolute Gasteiger partial charge is 0.394 e.